The van der Waals surface area contributed by atoms with E-state index in [2.05, 4.69) is 45.4 Å². The Morgan fingerprint density at radius 1 is 1.07 bits per heavy atom. The van der Waals surface area contributed by atoms with E-state index >= 15 is 0 Å². The average molecular weight is 402 g/mol. The summed E-state index contributed by atoms with van der Waals surface area (Å²) >= 11 is 0. The Bertz CT molecular complexity index is 988. The van der Waals surface area contributed by atoms with Gasteiger partial charge in [0.2, 0.25) is 11.9 Å². The highest BCUT2D eigenvalue weighted by Crippen LogP contribution is 2.18. The lowest BCUT2D eigenvalue weighted by molar-refractivity contribution is -0.120. The molecular weight excluding hydrogens is 374 g/mol. The number of rotatable bonds is 9. The van der Waals surface area contributed by atoms with Crippen molar-refractivity contribution in [1.82, 2.24) is 20.2 Å². The van der Waals surface area contributed by atoms with Gasteiger partial charge in [-0.1, -0.05) is 60.7 Å². The zero-order valence-corrected chi connectivity index (χ0v) is 17.2. The molecule has 0 aliphatic rings. The van der Waals surface area contributed by atoms with Gasteiger partial charge in [-0.25, -0.2) is 9.97 Å². The number of hydrogen-bond acceptors (Lipinski definition) is 5. The summed E-state index contributed by atoms with van der Waals surface area (Å²) in [7, 11) is 2.08. The SMILES string of the molecule is CN(C/C=C/CNC(=O)Cc1cccc(-c2ccnc(N)n2)c1)Cc1ccccc1. The van der Waals surface area contributed by atoms with Crippen LogP contribution in [-0.2, 0) is 17.8 Å². The molecule has 0 bridgehead atoms. The largest absolute Gasteiger partial charge is 0.368 e. The van der Waals surface area contributed by atoms with Gasteiger partial charge in [-0.3, -0.25) is 9.69 Å². The predicted molar refractivity (Wildman–Crippen MR) is 121 cm³/mol. The monoisotopic (exact) mass is 401 g/mol. The maximum Gasteiger partial charge on any atom is 0.224 e. The first-order chi connectivity index (χ1) is 14.6. The first-order valence-corrected chi connectivity index (χ1v) is 9.92. The number of nitrogen functional groups attached to an aromatic ring is 1. The van der Waals surface area contributed by atoms with E-state index in [1.54, 1.807) is 12.3 Å². The van der Waals surface area contributed by atoms with E-state index in [0.29, 0.717) is 13.0 Å². The fraction of sp³-hybridized carbons (Fsp3) is 0.208. The van der Waals surface area contributed by atoms with Crippen molar-refractivity contribution in [2.24, 2.45) is 0 Å². The highest BCUT2D eigenvalue weighted by Gasteiger charge is 2.06. The Balaban J connectivity index is 1.42. The van der Waals surface area contributed by atoms with Gasteiger partial charge in [0.05, 0.1) is 12.1 Å². The number of amides is 1. The first kappa shape index (κ1) is 21.2. The van der Waals surface area contributed by atoms with E-state index in [1.165, 1.54) is 5.56 Å². The molecule has 0 fully saturated rings. The summed E-state index contributed by atoms with van der Waals surface area (Å²) in [4.78, 5) is 22.6. The van der Waals surface area contributed by atoms with E-state index in [-0.39, 0.29) is 11.9 Å². The maximum atomic E-state index is 12.3. The normalized spacial score (nSPS) is 11.1. The number of benzene rings is 2. The lowest BCUT2D eigenvalue weighted by Gasteiger charge is -2.14. The molecule has 0 unspecified atom stereocenters. The van der Waals surface area contributed by atoms with Crippen LogP contribution in [0.2, 0.25) is 0 Å². The van der Waals surface area contributed by atoms with Crippen LogP contribution in [0.3, 0.4) is 0 Å². The Labute approximate surface area is 177 Å². The quantitative estimate of drug-likeness (QED) is 0.539. The van der Waals surface area contributed by atoms with Crippen LogP contribution in [0.15, 0.2) is 79.0 Å². The van der Waals surface area contributed by atoms with E-state index in [9.17, 15) is 4.79 Å². The van der Waals surface area contributed by atoms with Gasteiger partial charge in [-0.05, 0) is 30.3 Å². The Morgan fingerprint density at radius 2 is 1.87 bits per heavy atom. The summed E-state index contributed by atoms with van der Waals surface area (Å²) in [5.74, 6) is 0.216. The van der Waals surface area contributed by atoms with Crippen LogP contribution in [0.4, 0.5) is 5.95 Å². The van der Waals surface area contributed by atoms with Gasteiger partial charge in [0.25, 0.3) is 0 Å². The van der Waals surface area contributed by atoms with Gasteiger partial charge in [-0.15, -0.1) is 0 Å². The number of carbonyl (C=O) groups excluding carboxylic acids is 1. The molecule has 6 heteroatoms. The summed E-state index contributed by atoms with van der Waals surface area (Å²) in [5, 5.41) is 2.93. The maximum absolute atomic E-state index is 12.3. The summed E-state index contributed by atoms with van der Waals surface area (Å²) in [6.45, 7) is 2.24. The van der Waals surface area contributed by atoms with Crippen LogP contribution in [0.25, 0.3) is 11.3 Å². The minimum Gasteiger partial charge on any atom is -0.368 e. The second-order valence-electron chi connectivity index (χ2n) is 7.14. The highest BCUT2D eigenvalue weighted by atomic mass is 16.1. The second kappa shape index (κ2) is 10.9. The summed E-state index contributed by atoms with van der Waals surface area (Å²) < 4.78 is 0. The van der Waals surface area contributed by atoms with Crippen molar-refractivity contribution >= 4 is 11.9 Å². The van der Waals surface area contributed by atoms with E-state index < -0.39 is 0 Å². The number of nitrogens with one attached hydrogen (secondary N) is 1. The third-order valence-electron chi connectivity index (χ3n) is 4.56. The van der Waals surface area contributed by atoms with Gasteiger partial charge < -0.3 is 11.1 Å². The zero-order valence-electron chi connectivity index (χ0n) is 17.2. The number of carbonyl (C=O) groups is 1. The molecule has 3 rings (SSSR count). The van der Waals surface area contributed by atoms with Crippen LogP contribution < -0.4 is 11.1 Å². The number of nitrogens with zero attached hydrogens (tertiary/aromatic N) is 3. The lowest BCUT2D eigenvalue weighted by Crippen LogP contribution is -2.25. The molecule has 0 atom stereocenters. The molecule has 0 aliphatic carbocycles. The van der Waals surface area contributed by atoms with Crippen LogP contribution in [0, 0.1) is 0 Å². The average Bonchev–Trinajstić information content (AvgIpc) is 2.74. The molecule has 0 spiro atoms. The van der Waals surface area contributed by atoms with Crippen molar-refractivity contribution < 1.29 is 4.79 Å². The molecule has 3 N–H and O–H groups in total. The number of aromatic nitrogens is 2. The third-order valence-corrected chi connectivity index (χ3v) is 4.56. The van der Waals surface area contributed by atoms with Crippen molar-refractivity contribution in [3.05, 3.63) is 90.1 Å². The number of hydrogen-bond donors (Lipinski definition) is 2. The lowest BCUT2D eigenvalue weighted by atomic mass is 10.1. The number of nitrogens with two attached hydrogens (primary N) is 1. The van der Waals surface area contributed by atoms with Crippen LogP contribution >= 0.6 is 0 Å². The predicted octanol–water partition coefficient (Wildman–Crippen LogP) is 3.07. The molecule has 1 heterocycles. The van der Waals surface area contributed by atoms with Crippen LogP contribution in [0.1, 0.15) is 11.1 Å². The number of anilines is 1. The zero-order chi connectivity index (χ0) is 21.2. The molecule has 1 aromatic heterocycles. The summed E-state index contributed by atoms with van der Waals surface area (Å²) in [6, 6.07) is 19.9. The molecule has 3 aromatic rings. The third kappa shape index (κ3) is 6.83. The van der Waals surface area contributed by atoms with Gasteiger partial charge in [0.15, 0.2) is 0 Å². The van der Waals surface area contributed by atoms with Crippen molar-refractivity contribution in [2.45, 2.75) is 13.0 Å². The molecular formula is C24H27N5O. The molecule has 1 amide bonds. The van der Waals surface area contributed by atoms with Crippen molar-refractivity contribution in [2.75, 3.05) is 25.9 Å². The standard InChI is InChI=1S/C24H27N5O/c1-29(18-19-8-3-2-4-9-19)15-6-5-13-26-23(30)17-20-10-7-11-21(16-20)22-12-14-27-24(25)28-22/h2-12,14,16H,13,15,17-18H2,1H3,(H,26,30)(H2,25,27,28)/b6-5+. The topological polar surface area (TPSA) is 84.1 Å². The van der Waals surface area contributed by atoms with E-state index in [4.69, 9.17) is 5.73 Å². The molecule has 30 heavy (non-hydrogen) atoms. The highest BCUT2D eigenvalue weighted by molar-refractivity contribution is 5.79. The molecule has 0 aliphatic heterocycles. The van der Waals surface area contributed by atoms with Gasteiger partial charge in [-0.2, -0.15) is 0 Å². The van der Waals surface area contributed by atoms with E-state index in [1.807, 2.05) is 48.5 Å². The van der Waals surface area contributed by atoms with E-state index in [0.717, 1.165) is 29.9 Å². The molecule has 2 aromatic carbocycles. The Hall–Kier alpha value is -3.51. The minimum atomic E-state index is -0.0170. The Kier molecular flexibility index (Phi) is 7.69. The van der Waals surface area contributed by atoms with Gasteiger partial charge in [0, 0.05) is 31.4 Å². The fourth-order valence-corrected chi connectivity index (χ4v) is 3.09. The summed E-state index contributed by atoms with van der Waals surface area (Å²) in [6.07, 6.45) is 6.00. The van der Waals surface area contributed by atoms with Crippen molar-refractivity contribution in [1.29, 1.82) is 0 Å². The number of likely N-dealkylation sites (N-methyl/N-ethyl adjacent to an activating group) is 1. The first-order valence-electron chi connectivity index (χ1n) is 9.92. The smallest absolute Gasteiger partial charge is 0.224 e. The molecule has 0 saturated heterocycles. The Morgan fingerprint density at radius 3 is 2.67 bits per heavy atom. The molecule has 0 radical (unpaired) electrons. The van der Waals surface area contributed by atoms with Gasteiger partial charge >= 0.3 is 0 Å². The van der Waals surface area contributed by atoms with Crippen molar-refractivity contribution in [3.63, 3.8) is 0 Å². The fourth-order valence-electron chi connectivity index (χ4n) is 3.09. The molecule has 6 nitrogen and oxygen atoms in total. The minimum absolute atomic E-state index is 0.0170. The second-order valence-corrected chi connectivity index (χ2v) is 7.14. The summed E-state index contributed by atoms with van der Waals surface area (Å²) in [5.41, 5.74) is 9.52. The van der Waals surface area contributed by atoms with Crippen LogP contribution in [0.5, 0.6) is 0 Å². The van der Waals surface area contributed by atoms with Crippen LogP contribution in [-0.4, -0.2) is 40.9 Å². The van der Waals surface area contributed by atoms with Crippen molar-refractivity contribution in [3.8, 4) is 11.3 Å². The molecule has 154 valence electrons. The molecule has 0 saturated carbocycles. The van der Waals surface area contributed by atoms with Gasteiger partial charge in [0.1, 0.15) is 0 Å².